The van der Waals surface area contributed by atoms with Crippen LogP contribution in [0.2, 0.25) is 0 Å². The SMILES string of the molecule is C=C(C)CCC(NC)C(C)(CC)N1CCCC1. The maximum Gasteiger partial charge on any atom is 0.0331 e. The van der Waals surface area contributed by atoms with Crippen molar-refractivity contribution in [1.82, 2.24) is 10.2 Å². The number of nitrogens with one attached hydrogen (secondary N) is 1. The molecule has 1 rings (SSSR count). The molecule has 0 aromatic carbocycles. The number of rotatable bonds is 7. The van der Waals surface area contributed by atoms with Gasteiger partial charge in [-0.2, -0.15) is 0 Å². The minimum absolute atomic E-state index is 0.306. The molecule has 0 spiro atoms. The first-order valence-corrected chi connectivity index (χ1v) is 7.11. The quantitative estimate of drug-likeness (QED) is 0.685. The summed E-state index contributed by atoms with van der Waals surface area (Å²) < 4.78 is 0. The van der Waals surface area contributed by atoms with Crippen molar-refractivity contribution >= 4 is 0 Å². The average Bonchev–Trinajstić information content (AvgIpc) is 2.82. The van der Waals surface area contributed by atoms with Crippen LogP contribution in [-0.4, -0.2) is 36.6 Å². The third-order valence-electron chi connectivity index (χ3n) is 4.50. The van der Waals surface area contributed by atoms with E-state index in [9.17, 15) is 0 Å². The number of hydrogen-bond donors (Lipinski definition) is 1. The van der Waals surface area contributed by atoms with E-state index in [0.29, 0.717) is 11.6 Å². The van der Waals surface area contributed by atoms with Crippen LogP contribution in [0.4, 0.5) is 0 Å². The Bertz CT molecular complexity index is 243. The molecule has 2 atom stereocenters. The molecule has 1 heterocycles. The van der Waals surface area contributed by atoms with Crippen LogP contribution in [0.25, 0.3) is 0 Å². The summed E-state index contributed by atoms with van der Waals surface area (Å²) in [4.78, 5) is 2.69. The Morgan fingerprint density at radius 1 is 1.41 bits per heavy atom. The molecular formula is C15H30N2. The van der Waals surface area contributed by atoms with E-state index in [2.05, 4.69) is 44.6 Å². The fraction of sp³-hybridized carbons (Fsp3) is 0.867. The molecule has 1 saturated heterocycles. The Kier molecular flexibility index (Phi) is 5.68. The molecular weight excluding hydrogens is 208 g/mol. The number of likely N-dealkylation sites (tertiary alicyclic amines) is 1. The van der Waals surface area contributed by atoms with E-state index in [1.165, 1.54) is 44.3 Å². The van der Waals surface area contributed by atoms with Crippen LogP contribution >= 0.6 is 0 Å². The molecule has 1 fully saturated rings. The molecule has 0 aromatic heterocycles. The molecule has 0 bridgehead atoms. The second-order valence-electron chi connectivity index (χ2n) is 5.74. The van der Waals surface area contributed by atoms with Crippen LogP contribution < -0.4 is 5.32 Å². The Morgan fingerprint density at radius 3 is 2.41 bits per heavy atom. The summed E-state index contributed by atoms with van der Waals surface area (Å²) in [6, 6.07) is 0.572. The summed E-state index contributed by atoms with van der Waals surface area (Å²) in [5.74, 6) is 0. The van der Waals surface area contributed by atoms with Gasteiger partial charge in [0, 0.05) is 11.6 Å². The summed E-state index contributed by atoms with van der Waals surface area (Å²) in [5, 5.41) is 3.54. The molecule has 1 aliphatic heterocycles. The lowest BCUT2D eigenvalue weighted by Gasteiger charge is -2.44. The van der Waals surface area contributed by atoms with Crippen LogP contribution in [-0.2, 0) is 0 Å². The van der Waals surface area contributed by atoms with E-state index < -0.39 is 0 Å². The van der Waals surface area contributed by atoms with Crippen molar-refractivity contribution in [3.63, 3.8) is 0 Å². The van der Waals surface area contributed by atoms with Gasteiger partial charge in [0.25, 0.3) is 0 Å². The minimum Gasteiger partial charge on any atom is -0.315 e. The van der Waals surface area contributed by atoms with Crippen molar-refractivity contribution in [2.24, 2.45) is 0 Å². The summed E-state index contributed by atoms with van der Waals surface area (Å²) in [7, 11) is 2.10. The standard InChI is InChI=1S/C15H30N2/c1-6-15(4,17-11-7-8-12-17)14(16-5)10-9-13(2)3/h14,16H,2,6-12H2,1,3-5H3. The van der Waals surface area contributed by atoms with Crippen LogP contribution in [0, 0.1) is 0 Å². The molecule has 2 unspecified atom stereocenters. The largest absolute Gasteiger partial charge is 0.315 e. The van der Waals surface area contributed by atoms with Crippen LogP contribution in [0.15, 0.2) is 12.2 Å². The minimum atomic E-state index is 0.306. The normalized spacial score (nSPS) is 22.4. The van der Waals surface area contributed by atoms with E-state index in [1.807, 2.05) is 0 Å². The first-order valence-electron chi connectivity index (χ1n) is 7.11. The summed E-state index contributed by atoms with van der Waals surface area (Å²) >= 11 is 0. The maximum atomic E-state index is 4.03. The van der Waals surface area contributed by atoms with Gasteiger partial charge in [-0.05, 0) is 66.1 Å². The second kappa shape index (κ2) is 6.55. The van der Waals surface area contributed by atoms with Gasteiger partial charge in [-0.15, -0.1) is 6.58 Å². The molecule has 1 N–H and O–H groups in total. The smallest absolute Gasteiger partial charge is 0.0331 e. The predicted molar refractivity (Wildman–Crippen MR) is 76.4 cm³/mol. The molecule has 0 aliphatic carbocycles. The first-order chi connectivity index (χ1) is 8.04. The van der Waals surface area contributed by atoms with Gasteiger partial charge in [-0.25, -0.2) is 0 Å². The van der Waals surface area contributed by atoms with Crippen molar-refractivity contribution in [3.8, 4) is 0 Å². The molecule has 2 nitrogen and oxygen atoms in total. The topological polar surface area (TPSA) is 15.3 Å². The molecule has 0 aromatic rings. The van der Waals surface area contributed by atoms with Crippen molar-refractivity contribution in [1.29, 1.82) is 0 Å². The molecule has 0 saturated carbocycles. The van der Waals surface area contributed by atoms with Crippen molar-refractivity contribution < 1.29 is 0 Å². The zero-order valence-electron chi connectivity index (χ0n) is 12.2. The van der Waals surface area contributed by atoms with Crippen LogP contribution in [0.1, 0.15) is 52.9 Å². The predicted octanol–water partition coefficient (Wildman–Crippen LogP) is 3.20. The van der Waals surface area contributed by atoms with Gasteiger partial charge in [-0.3, -0.25) is 4.90 Å². The zero-order chi connectivity index (χ0) is 12.9. The number of allylic oxidation sites excluding steroid dienone is 1. The third-order valence-corrected chi connectivity index (χ3v) is 4.50. The summed E-state index contributed by atoms with van der Waals surface area (Å²) in [6.07, 6.45) is 6.29. The van der Waals surface area contributed by atoms with E-state index in [4.69, 9.17) is 0 Å². The highest BCUT2D eigenvalue weighted by atomic mass is 15.2. The molecule has 2 heteroatoms. The molecule has 0 radical (unpaired) electrons. The lowest BCUT2D eigenvalue weighted by atomic mass is 9.84. The molecule has 0 amide bonds. The fourth-order valence-corrected chi connectivity index (χ4v) is 3.08. The Balaban J connectivity index is 2.69. The van der Waals surface area contributed by atoms with Gasteiger partial charge in [-0.1, -0.05) is 12.5 Å². The molecule has 17 heavy (non-hydrogen) atoms. The lowest BCUT2D eigenvalue weighted by molar-refractivity contribution is 0.0838. The Morgan fingerprint density at radius 2 is 2.00 bits per heavy atom. The highest BCUT2D eigenvalue weighted by molar-refractivity contribution is 5.00. The average molecular weight is 238 g/mol. The monoisotopic (exact) mass is 238 g/mol. The lowest BCUT2D eigenvalue weighted by Crippen LogP contribution is -2.57. The van der Waals surface area contributed by atoms with Crippen molar-refractivity contribution in [2.75, 3.05) is 20.1 Å². The van der Waals surface area contributed by atoms with E-state index in [1.54, 1.807) is 0 Å². The Hall–Kier alpha value is -0.340. The summed E-state index contributed by atoms with van der Waals surface area (Å²) in [5.41, 5.74) is 1.60. The zero-order valence-corrected chi connectivity index (χ0v) is 12.2. The summed E-state index contributed by atoms with van der Waals surface area (Å²) in [6.45, 7) is 13.5. The van der Waals surface area contributed by atoms with E-state index in [0.717, 1.165) is 6.42 Å². The third kappa shape index (κ3) is 3.56. The van der Waals surface area contributed by atoms with Crippen molar-refractivity contribution in [2.45, 2.75) is 64.5 Å². The number of likely N-dealkylation sites (N-methyl/N-ethyl adjacent to an activating group) is 1. The number of hydrogen-bond acceptors (Lipinski definition) is 2. The first kappa shape index (κ1) is 14.7. The van der Waals surface area contributed by atoms with Gasteiger partial charge < -0.3 is 5.32 Å². The van der Waals surface area contributed by atoms with Crippen LogP contribution in [0.5, 0.6) is 0 Å². The van der Waals surface area contributed by atoms with Gasteiger partial charge in [0.15, 0.2) is 0 Å². The van der Waals surface area contributed by atoms with Gasteiger partial charge in [0.05, 0.1) is 0 Å². The number of nitrogens with zero attached hydrogens (tertiary/aromatic N) is 1. The highest BCUT2D eigenvalue weighted by Crippen LogP contribution is 2.30. The fourth-order valence-electron chi connectivity index (χ4n) is 3.08. The maximum absolute atomic E-state index is 4.03. The van der Waals surface area contributed by atoms with E-state index in [-0.39, 0.29) is 0 Å². The van der Waals surface area contributed by atoms with Crippen LogP contribution in [0.3, 0.4) is 0 Å². The van der Waals surface area contributed by atoms with E-state index >= 15 is 0 Å². The van der Waals surface area contributed by atoms with Gasteiger partial charge >= 0.3 is 0 Å². The molecule has 1 aliphatic rings. The van der Waals surface area contributed by atoms with Crippen molar-refractivity contribution in [3.05, 3.63) is 12.2 Å². The van der Waals surface area contributed by atoms with Gasteiger partial charge in [0.2, 0.25) is 0 Å². The molecule has 100 valence electrons. The highest BCUT2D eigenvalue weighted by Gasteiger charge is 2.38. The Labute approximate surface area is 107 Å². The second-order valence-corrected chi connectivity index (χ2v) is 5.74. The van der Waals surface area contributed by atoms with Gasteiger partial charge in [0.1, 0.15) is 0 Å².